The lowest BCUT2D eigenvalue weighted by Gasteiger charge is -2.36. The summed E-state index contributed by atoms with van der Waals surface area (Å²) in [7, 11) is 0. The fourth-order valence-electron chi connectivity index (χ4n) is 5.82. The maximum Gasteiger partial charge on any atom is 0.243 e. The van der Waals surface area contributed by atoms with Crippen LogP contribution in [0.3, 0.4) is 0 Å². The Morgan fingerprint density at radius 2 is 1.64 bits per heavy atom. The first-order valence-electron chi connectivity index (χ1n) is 16.5. The Bertz CT molecular complexity index is 1100. The Hall–Kier alpha value is -3.11. The molecule has 3 N–H and O–H groups in total. The van der Waals surface area contributed by atoms with Gasteiger partial charge >= 0.3 is 0 Å². The molecule has 1 aromatic carbocycles. The Morgan fingerprint density at radius 3 is 2.36 bits per heavy atom. The molecule has 0 bridgehead atoms. The molecule has 3 rings (SSSR count). The van der Waals surface area contributed by atoms with E-state index in [0.29, 0.717) is 38.6 Å². The molecule has 10 nitrogen and oxygen atoms in total. The molecule has 2 aliphatic heterocycles. The number of benzene rings is 1. The molecule has 0 radical (unpaired) electrons. The van der Waals surface area contributed by atoms with Crippen molar-refractivity contribution < 1.29 is 28.7 Å². The molecule has 2 aliphatic rings. The third kappa shape index (κ3) is 11.4. The standard InChI is InChI=1S/C34H52N4O6/c1-4-24(3)30-22-44-23-38-19-13-12-18-31(38)34(43)35-28(17-11-7-10-16-26(39)5-2)32(41)36-29(33(42)37-30)21-27(40)20-25-14-8-6-9-15-25/h6,8-9,14-15,24,28-31H,4-5,7,10-13,16-23H2,1-3H3,(H,35,43)(H,36,41)(H,37,42)/t24-,28+,29+,30-,31-/m1/s1. The SMILES string of the molecule is CCC(=O)CCCCC[C@@H]1NC(=O)[C@H]2CCCCN2COC[C@H]([C@H](C)CC)NC(=O)[C@H](CC(=O)Cc2ccccc2)NC1=O. The van der Waals surface area contributed by atoms with Gasteiger partial charge in [0, 0.05) is 32.2 Å². The maximum absolute atomic E-state index is 13.8. The summed E-state index contributed by atoms with van der Waals surface area (Å²) < 4.78 is 6.09. The number of Topliss-reactive ketones (excluding diaryl/α,β-unsaturated/α-hetero) is 2. The highest BCUT2D eigenvalue weighted by atomic mass is 16.5. The average molecular weight is 613 g/mol. The van der Waals surface area contributed by atoms with E-state index in [4.69, 9.17) is 4.74 Å². The zero-order valence-corrected chi connectivity index (χ0v) is 26.8. The first-order valence-corrected chi connectivity index (χ1v) is 16.5. The van der Waals surface area contributed by atoms with Crippen LogP contribution in [0.25, 0.3) is 0 Å². The molecular formula is C34H52N4O6. The lowest BCUT2D eigenvalue weighted by molar-refractivity contribution is -0.138. The van der Waals surface area contributed by atoms with E-state index in [0.717, 1.165) is 37.7 Å². The zero-order valence-electron chi connectivity index (χ0n) is 26.8. The van der Waals surface area contributed by atoms with E-state index in [1.54, 1.807) is 0 Å². The highest BCUT2D eigenvalue weighted by molar-refractivity contribution is 5.96. The summed E-state index contributed by atoms with van der Waals surface area (Å²) in [5.41, 5.74) is 0.833. The number of rotatable bonds is 13. The third-order valence-electron chi connectivity index (χ3n) is 8.91. The Kier molecular flexibility index (Phi) is 15.0. The predicted octanol–water partition coefficient (Wildman–Crippen LogP) is 3.46. The third-order valence-corrected chi connectivity index (χ3v) is 8.91. The molecular weight excluding hydrogens is 560 g/mol. The van der Waals surface area contributed by atoms with Crippen molar-refractivity contribution in [2.75, 3.05) is 19.9 Å². The number of piperidine rings is 1. The van der Waals surface area contributed by atoms with Crippen molar-refractivity contribution in [3.8, 4) is 0 Å². The van der Waals surface area contributed by atoms with E-state index < -0.39 is 29.9 Å². The lowest BCUT2D eigenvalue weighted by Crippen LogP contribution is -2.59. The highest BCUT2D eigenvalue weighted by Gasteiger charge is 2.35. The molecule has 2 saturated heterocycles. The van der Waals surface area contributed by atoms with Gasteiger partial charge in [0.2, 0.25) is 17.7 Å². The number of hydrogen-bond donors (Lipinski definition) is 3. The molecule has 5 atom stereocenters. The Balaban J connectivity index is 1.83. The van der Waals surface area contributed by atoms with Gasteiger partial charge in [-0.1, -0.05) is 76.8 Å². The van der Waals surface area contributed by atoms with Crippen molar-refractivity contribution in [3.05, 3.63) is 35.9 Å². The Morgan fingerprint density at radius 1 is 0.909 bits per heavy atom. The molecule has 3 amide bonds. The minimum atomic E-state index is -1.10. The molecule has 0 spiro atoms. The number of unbranched alkanes of at least 4 members (excludes halogenated alkanes) is 2. The van der Waals surface area contributed by atoms with Crippen LogP contribution in [0.2, 0.25) is 0 Å². The second-order valence-corrected chi connectivity index (χ2v) is 12.3. The van der Waals surface area contributed by atoms with Crippen molar-refractivity contribution in [3.63, 3.8) is 0 Å². The second kappa shape index (κ2) is 18.6. The number of ketones is 2. The highest BCUT2D eigenvalue weighted by Crippen LogP contribution is 2.19. The smallest absolute Gasteiger partial charge is 0.243 e. The number of fused-ring (bicyclic) bond motifs is 1. The van der Waals surface area contributed by atoms with Crippen molar-refractivity contribution in [2.45, 2.75) is 122 Å². The fourth-order valence-corrected chi connectivity index (χ4v) is 5.82. The molecule has 0 saturated carbocycles. The number of ether oxygens (including phenoxy) is 1. The molecule has 0 aliphatic carbocycles. The van der Waals surface area contributed by atoms with E-state index in [2.05, 4.69) is 16.0 Å². The van der Waals surface area contributed by atoms with Crippen LogP contribution in [0.4, 0.5) is 0 Å². The molecule has 244 valence electrons. The summed E-state index contributed by atoms with van der Waals surface area (Å²) in [6.07, 6.45) is 6.78. The van der Waals surface area contributed by atoms with Gasteiger partial charge in [0.05, 0.1) is 25.4 Å². The monoisotopic (exact) mass is 612 g/mol. The number of amides is 3. The largest absolute Gasteiger partial charge is 0.364 e. The van der Waals surface area contributed by atoms with Gasteiger partial charge in [-0.3, -0.25) is 28.9 Å². The van der Waals surface area contributed by atoms with Crippen LogP contribution in [0.15, 0.2) is 30.3 Å². The van der Waals surface area contributed by atoms with Gasteiger partial charge in [-0.15, -0.1) is 0 Å². The first-order chi connectivity index (χ1) is 21.2. The van der Waals surface area contributed by atoms with Crippen LogP contribution in [0.1, 0.15) is 97.0 Å². The topological polar surface area (TPSA) is 134 Å². The molecule has 10 heteroatoms. The predicted molar refractivity (Wildman–Crippen MR) is 169 cm³/mol. The van der Waals surface area contributed by atoms with Gasteiger partial charge in [-0.2, -0.15) is 0 Å². The van der Waals surface area contributed by atoms with Crippen molar-refractivity contribution in [1.82, 2.24) is 20.9 Å². The van der Waals surface area contributed by atoms with Crippen LogP contribution in [-0.4, -0.2) is 78.2 Å². The zero-order chi connectivity index (χ0) is 31.9. The molecule has 0 aromatic heterocycles. The summed E-state index contributed by atoms with van der Waals surface area (Å²) in [4.78, 5) is 67.9. The van der Waals surface area contributed by atoms with Gasteiger partial charge in [-0.25, -0.2) is 0 Å². The summed E-state index contributed by atoms with van der Waals surface area (Å²) in [5.74, 6) is -1.02. The lowest BCUT2D eigenvalue weighted by atomic mass is 9.97. The van der Waals surface area contributed by atoms with Gasteiger partial charge in [0.25, 0.3) is 0 Å². The van der Waals surface area contributed by atoms with E-state index in [1.165, 1.54) is 0 Å². The van der Waals surface area contributed by atoms with Gasteiger partial charge < -0.3 is 20.7 Å². The van der Waals surface area contributed by atoms with Crippen LogP contribution < -0.4 is 16.0 Å². The number of nitrogens with one attached hydrogen (secondary N) is 3. The fraction of sp³-hybridized carbons (Fsp3) is 0.676. The van der Waals surface area contributed by atoms with E-state index >= 15 is 0 Å². The summed E-state index contributed by atoms with van der Waals surface area (Å²) in [6.45, 7) is 7.15. The minimum absolute atomic E-state index is 0.0935. The molecule has 1 aromatic rings. The maximum atomic E-state index is 13.8. The molecule has 2 heterocycles. The molecule has 0 unspecified atom stereocenters. The summed E-state index contributed by atoms with van der Waals surface area (Å²) in [5, 5.41) is 8.86. The molecule has 2 fully saturated rings. The molecule has 44 heavy (non-hydrogen) atoms. The van der Waals surface area contributed by atoms with Crippen molar-refractivity contribution in [2.24, 2.45) is 5.92 Å². The Labute approximate surface area is 262 Å². The quantitative estimate of drug-likeness (QED) is 0.291. The average Bonchev–Trinajstić information content (AvgIpc) is 3.02. The second-order valence-electron chi connectivity index (χ2n) is 12.3. The number of nitrogens with zero attached hydrogens (tertiary/aromatic N) is 1. The van der Waals surface area contributed by atoms with Gasteiger partial charge in [-0.05, 0) is 37.2 Å². The van der Waals surface area contributed by atoms with E-state index in [-0.39, 0.29) is 55.6 Å². The van der Waals surface area contributed by atoms with Crippen LogP contribution in [-0.2, 0) is 35.1 Å². The summed E-state index contributed by atoms with van der Waals surface area (Å²) in [6, 6.07) is 6.59. The summed E-state index contributed by atoms with van der Waals surface area (Å²) >= 11 is 0. The van der Waals surface area contributed by atoms with Crippen LogP contribution in [0.5, 0.6) is 0 Å². The normalized spacial score (nSPS) is 24.7. The van der Waals surface area contributed by atoms with Crippen molar-refractivity contribution in [1.29, 1.82) is 0 Å². The number of carbonyl (C=O) groups excluding carboxylic acids is 5. The van der Waals surface area contributed by atoms with Gasteiger partial charge in [0.1, 0.15) is 23.7 Å². The van der Waals surface area contributed by atoms with E-state index in [9.17, 15) is 24.0 Å². The number of carbonyl (C=O) groups is 5. The van der Waals surface area contributed by atoms with Crippen LogP contribution in [0, 0.1) is 5.92 Å². The number of hydrogen-bond acceptors (Lipinski definition) is 7. The van der Waals surface area contributed by atoms with Crippen molar-refractivity contribution >= 4 is 29.3 Å². The first kappa shape index (κ1) is 35.4. The minimum Gasteiger partial charge on any atom is -0.364 e. The van der Waals surface area contributed by atoms with Gasteiger partial charge in [0.15, 0.2) is 0 Å². The van der Waals surface area contributed by atoms with E-state index in [1.807, 2.05) is 56.0 Å². The van der Waals surface area contributed by atoms with Crippen LogP contribution >= 0.6 is 0 Å².